The summed E-state index contributed by atoms with van der Waals surface area (Å²) < 4.78 is 0. The van der Waals surface area contributed by atoms with Crippen molar-refractivity contribution in [2.24, 2.45) is 0 Å². The molecule has 0 radical (unpaired) electrons. The third-order valence-electron chi connectivity index (χ3n) is 4.41. The summed E-state index contributed by atoms with van der Waals surface area (Å²) in [5.41, 5.74) is 2.36. The van der Waals surface area contributed by atoms with Crippen molar-refractivity contribution in [2.45, 2.75) is 57.1 Å². The highest BCUT2D eigenvalue weighted by atomic mass is 16.3. The van der Waals surface area contributed by atoms with Crippen LogP contribution in [-0.4, -0.2) is 29.4 Å². The standard InChI is InChI=1S/C17H27NO2/c1-13(18-11-12-19)17(20)16-9-7-15(8-10-16)14-5-3-2-4-6-14/h7-10,13-14,17-20H,2-6,11-12H2,1H3. The second-order valence-electron chi connectivity index (χ2n) is 5.91. The molecule has 1 aliphatic carbocycles. The van der Waals surface area contributed by atoms with Crippen LogP contribution in [0.5, 0.6) is 0 Å². The Hall–Kier alpha value is -0.900. The molecule has 0 spiro atoms. The Morgan fingerprint density at radius 3 is 2.40 bits per heavy atom. The summed E-state index contributed by atoms with van der Waals surface area (Å²) in [6.45, 7) is 2.55. The van der Waals surface area contributed by atoms with Gasteiger partial charge >= 0.3 is 0 Å². The summed E-state index contributed by atoms with van der Waals surface area (Å²) in [4.78, 5) is 0. The number of aliphatic hydroxyl groups is 2. The monoisotopic (exact) mass is 277 g/mol. The average molecular weight is 277 g/mol. The number of hydrogen-bond acceptors (Lipinski definition) is 3. The van der Waals surface area contributed by atoms with E-state index in [4.69, 9.17) is 5.11 Å². The van der Waals surface area contributed by atoms with Gasteiger partial charge in [0.25, 0.3) is 0 Å². The zero-order valence-corrected chi connectivity index (χ0v) is 12.4. The van der Waals surface area contributed by atoms with Crippen LogP contribution in [0.4, 0.5) is 0 Å². The van der Waals surface area contributed by atoms with Crippen molar-refractivity contribution < 1.29 is 10.2 Å². The number of aliphatic hydroxyl groups excluding tert-OH is 2. The molecule has 0 amide bonds. The second kappa shape index (κ2) is 7.77. The van der Waals surface area contributed by atoms with Gasteiger partial charge < -0.3 is 15.5 Å². The fourth-order valence-corrected chi connectivity index (χ4v) is 3.09. The number of nitrogens with one attached hydrogen (secondary N) is 1. The highest BCUT2D eigenvalue weighted by Gasteiger charge is 2.18. The van der Waals surface area contributed by atoms with E-state index < -0.39 is 6.10 Å². The van der Waals surface area contributed by atoms with Crippen molar-refractivity contribution >= 4 is 0 Å². The van der Waals surface area contributed by atoms with E-state index in [2.05, 4.69) is 17.4 Å². The van der Waals surface area contributed by atoms with Gasteiger partial charge in [0.05, 0.1) is 12.7 Å². The van der Waals surface area contributed by atoms with Gasteiger partial charge in [0, 0.05) is 12.6 Å². The maximum absolute atomic E-state index is 10.3. The molecule has 1 aromatic rings. The van der Waals surface area contributed by atoms with Crippen LogP contribution in [-0.2, 0) is 0 Å². The van der Waals surface area contributed by atoms with Gasteiger partial charge in [0.15, 0.2) is 0 Å². The van der Waals surface area contributed by atoms with Crippen LogP contribution in [0.15, 0.2) is 24.3 Å². The maximum atomic E-state index is 10.3. The minimum absolute atomic E-state index is 0.0531. The molecule has 0 aromatic heterocycles. The van der Waals surface area contributed by atoms with Gasteiger partial charge in [-0.1, -0.05) is 43.5 Å². The predicted octanol–water partition coefficient (Wildman–Crippen LogP) is 2.74. The molecule has 20 heavy (non-hydrogen) atoms. The van der Waals surface area contributed by atoms with Crippen LogP contribution in [0.1, 0.15) is 62.2 Å². The topological polar surface area (TPSA) is 52.5 Å². The second-order valence-corrected chi connectivity index (χ2v) is 5.91. The fourth-order valence-electron chi connectivity index (χ4n) is 3.09. The first-order chi connectivity index (χ1) is 9.72. The molecule has 0 saturated heterocycles. The highest BCUT2D eigenvalue weighted by molar-refractivity contribution is 5.27. The number of benzene rings is 1. The predicted molar refractivity (Wildman–Crippen MR) is 81.8 cm³/mol. The van der Waals surface area contributed by atoms with E-state index in [1.54, 1.807) is 0 Å². The van der Waals surface area contributed by atoms with E-state index >= 15 is 0 Å². The van der Waals surface area contributed by atoms with Crippen LogP contribution in [0, 0.1) is 0 Å². The maximum Gasteiger partial charge on any atom is 0.0940 e. The molecule has 0 aliphatic heterocycles. The van der Waals surface area contributed by atoms with E-state index in [1.165, 1.54) is 37.7 Å². The molecule has 1 fully saturated rings. The lowest BCUT2D eigenvalue weighted by Crippen LogP contribution is -2.34. The summed E-state index contributed by atoms with van der Waals surface area (Å²) in [6.07, 6.45) is 6.14. The van der Waals surface area contributed by atoms with Crippen molar-refractivity contribution in [3.63, 3.8) is 0 Å². The summed E-state index contributed by atoms with van der Waals surface area (Å²) in [7, 11) is 0. The van der Waals surface area contributed by atoms with Crippen LogP contribution < -0.4 is 5.32 Å². The minimum Gasteiger partial charge on any atom is -0.395 e. The van der Waals surface area contributed by atoms with Gasteiger partial charge in [-0.05, 0) is 36.8 Å². The molecule has 3 heteroatoms. The summed E-state index contributed by atoms with van der Waals surface area (Å²) in [5, 5.41) is 22.2. The number of rotatable bonds is 6. The molecule has 2 atom stereocenters. The lowest BCUT2D eigenvalue weighted by atomic mass is 9.83. The van der Waals surface area contributed by atoms with E-state index in [0.717, 1.165) is 5.56 Å². The van der Waals surface area contributed by atoms with Crippen molar-refractivity contribution in [1.29, 1.82) is 0 Å². The van der Waals surface area contributed by atoms with Gasteiger partial charge in [-0.3, -0.25) is 0 Å². The zero-order valence-electron chi connectivity index (χ0n) is 12.4. The van der Waals surface area contributed by atoms with Gasteiger partial charge in [-0.25, -0.2) is 0 Å². The van der Waals surface area contributed by atoms with Crippen molar-refractivity contribution in [3.8, 4) is 0 Å². The minimum atomic E-state index is -0.526. The Balaban J connectivity index is 1.96. The summed E-state index contributed by atoms with van der Waals surface area (Å²) >= 11 is 0. The molecule has 0 heterocycles. The van der Waals surface area contributed by atoms with Gasteiger partial charge in [0.1, 0.15) is 0 Å². The van der Waals surface area contributed by atoms with E-state index in [-0.39, 0.29) is 12.6 Å². The number of hydrogen-bond donors (Lipinski definition) is 3. The molecule has 1 saturated carbocycles. The van der Waals surface area contributed by atoms with Crippen LogP contribution in [0.25, 0.3) is 0 Å². The highest BCUT2D eigenvalue weighted by Crippen LogP contribution is 2.33. The van der Waals surface area contributed by atoms with Crippen LogP contribution in [0.3, 0.4) is 0 Å². The van der Waals surface area contributed by atoms with Crippen LogP contribution in [0.2, 0.25) is 0 Å². The normalized spacial score (nSPS) is 19.8. The first-order valence-electron chi connectivity index (χ1n) is 7.84. The van der Waals surface area contributed by atoms with Gasteiger partial charge in [0.2, 0.25) is 0 Å². The van der Waals surface area contributed by atoms with Gasteiger partial charge in [-0.15, -0.1) is 0 Å². The first kappa shape index (κ1) is 15.5. The third-order valence-corrected chi connectivity index (χ3v) is 4.41. The molecule has 1 aliphatic rings. The molecule has 2 rings (SSSR count). The Morgan fingerprint density at radius 1 is 1.15 bits per heavy atom. The SMILES string of the molecule is CC(NCCO)C(O)c1ccc(C2CCCCC2)cc1. The zero-order chi connectivity index (χ0) is 14.4. The van der Waals surface area contributed by atoms with Gasteiger partial charge in [-0.2, -0.15) is 0 Å². The Kier molecular flexibility index (Phi) is 6.02. The van der Waals surface area contributed by atoms with Crippen molar-refractivity contribution in [2.75, 3.05) is 13.2 Å². The summed E-state index contributed by atoms with van der Waals surface area (Å²) in [6, 6.07) is 8.39. The lowest BCUT2D eigenvalue weighted by Gasteiger charge is -2.23. The Bertz CT molecular complexity index is 384. The Labute approximate surface area is 122 Å². The first-order valence-corrected chi connectivity index (χ1v) is 7.84. The molecular formula is C17H27NO2. The quantitative estimate of drug-likeness (QED) is 0.749. The van der Waals surface area contributed by atoms with Crippen molar-refractivity contribution in [1.82, 2.24) is 5.32 Å². The van der Waals surface area contributed by atoms with E-state index in [1.807, 2.05) is 19.1 Å². The molecule has 2 unspecified atom stereocenters. The molecule has 1 aromatic carbocycles. The summed E-state index contributed by atoms with van der Waals surface area (Å²) in [5.74, 6) is 0.708. The average Bonchev–Trinajstić information content (AvgIpc) is 2.53. The smallest absolute Gasteiger partial charge is 0.0940 e. The molecule has 3 nitrogen and oxygen atoms in total. The molecular weight excluding hydrogens is 250 g/mol. The lowest BCUT2D eigenvalue weighted by molar-refractivity contribution is 0.132. The van der Waals surface area contributed by atoms with Crippen molar-refractivity contribution in [3.05, 3.63) is 35.4 Å². The largest absolute Gasteiger partial charge is 0.395 e. The van der Waals surface area contributed by atoms with E-state index in [0.29, 0.717) is 12.5 Å². The fraction of sp³-hybridized carbons (Fsp3) is 0.647. The Morgan fingerprint density at radius 2 is 1.80 bits per heavy atom. The molecule has 112 valence electrons. The van der Waals surface area contributed by atoms with E-state index in [9.17, 15) is 5.11 Å². The van der Waals surface area contributed by atoms with Crippen LogP contribution >= 0.6 is 0 Å². The molecule has 3 N–H and O–H groups in total. The third kappa shape index (κ3) is 4.05. The molecule has 0 bridgehead atoms.